The molecule has 2 rings (SSSR count). The van der Waals surface area contributed by atoms with Crippen LogP contribution < -0.4 is 5.32 Å². The smallest absolute Gasteiger partial charge is 0.407 e. The molecular weight excluding hydrogens is 286 g/mol. The molecule has 1 N–H and O–H groups in total. The summed E-state index contributed by atoms with van der Waals surface area (Å²) in [5, 5.41) is 3.04. The molecule has 1 aliphatic carbocycles. The predicted octanol–water partition coefficient (Wildman–Crippen LogP) is 4.99. The van der Waals surface area contributed by atoms with E-state index in [1.807, 2.05) is 30.3 Å². The quantitative estimate of drug-likeness (QED) is 0.831. The summed E-state index contributed by atoms with van der Waals surface area (Å²) >= 11 is 0. The van der Waals surface area contributed by atoms with E-state index in [1.165, 1.54) is 5.57 Å². The number of alkyl carbamates (subject to hydrolysis) is 1. The van der Waals surface area contributed by atoms with Gasteiger partial charge in [-0.3, -0.25) is 0 Å². The second-order valence-corrected chi connectivity index (χ2v) is 7.09. The van der Waals surface area contributed by atoms with Crippen molar-refractivity contribution in [3.63, 3.8) is 0 Å². The van der Waals surface area contributed by atoms with Crippen LogP contribution in [0.1, 0.15) is 45.6 Å². The second kappa shape index (κ2) is 8.00. The fourth-order valence-corrected chi connectivity index (χ4v) is 2.54. The normalized spacial score (nSPS) is 15.7. The van der Waals surface area contributed by atoms with Gasteiger partial charge >= 0.3 is 6.09 Å². The first-order valence-corrected chi connectivity index (χ1v) is 8.28. The zero-order chi connectivity index (χ0) is 16.7. The van der Waals surface area contributed by atoms with E-state index in [1.54, 1.807) is 0 Å². The fraction of sp³-hybridized carbons (Fsp3) is 0.450. The Labute approximate surface area is 139 Å². The summed E-state index contributed by atoms with van der Waals surface area (Å²) in [6.45, 7) is 6.72. The summed E-state index contributed by atoms with van der Waals surface area (Å²) in [6.07, 6.45) is 9.30. The molecule has 3 heteroatoms. The molecule has 1 aromatic carbocycles. The van der Waals surface area contributed by atoms with Crippen molar-refractivity contribution in [1.29, 1.82) is 0 Å². The number of hydrogen-bond acceptors (Lipinski definition) is 2. The summed E-state index contributed by atoms with van der Waals surface area (Å²) in [5.41, 5.74) is 2.25. The Hall–Kier alpha value is -2.03. The molecule has 0 radical (unpaired) electrons. The Morgan fingerprint density at radius 3 is 2.57 bits per heavy atom. The Morgan fingerprint density at radius 2 is 1.96 bits per heavy atom. The molecule has 0 saturated heterocycles. The van der Waals surface area contributed by atoms with Crippen LogP contribution >= 0.6 is 0 Å². The van der Waals surface area contributed by atoms with E-state index in [-0.39, 0.29) is 17.6 Å². The molecular formula is C20H27NO2. The Balaban J connectivity index is 1.90. The molecule has 1 atom stereocenters. The monoisotopic (exact) mass is 313 g/mol. The first kappa shape index (κ1) is 17.3. The van der Waals surface area contributed by atoms with Crippen molar-refractivity contribution in [1.82, 2.24) is 5.32 Å². The Morgan fingerprint density at radius 1 is 1.22 bits per heavy atom. The van der Waals surface area contributed by atoms with E-state index < -0.39 is 0 Å². The lowest BCUT2D eigenvalue weighted by atomic mass is 9.82. The largest absolute Gasteiger partial charge is 0.445 e. The van der Waals surface area contributed by atoms with Crippen molar-refractivity contribution in [2.75, 3.05) is 0 Å². The van der Waals surface area contributed by atoms with Crippen LogP contribution in [0.4, 0.5) is 4.79 Å². The van der Waals surface area contributed by atoms with Gasteiger partial charge in [-0.2, -0.15) is 0 Å². The Bertz CT molecular complexity index is 567. The van der Waals surface area contributed by atoms with Gasteiger partial charge in [-0.05, 0) is 30.2 Å². The van der Waals surface area contributed by atoms with Crippen LogP contribution in [0.2, 0.25) is 0 Å². The zero-order valence-electron chi connectivity index (χ0n) is 14.3. The van der Waals surface area contributed by atoms with Crippen molar-refractivity contribution in [3.8, 4) is 0 Å². The third-order valence-electron chi connectivity index (χ3n) is 4.06. The molecule has 1 amide bonds. The standard InChI is InChI=1S/C20H27NO2/c1-20(2,3)18(14-16-10-6-4-7-11-16)21-19(22)23-15-17-12-8-5-9-13-17/h5-6,8-13,18H,4,7,14-15H2,1-3H3,(H,21,22). The number of allylic oxidation sites excluding steroid dienone is 3. The van der Waals surface area contributed by atoms with E-state index in [9.17, 15) is 4.79 Å². The van der Waals surface area contributed by atoms with Crippen molar-refractivity contribution in [3.05, 3.63) is 59.7 Å². The van der Waals surface area contributed by atoms with E-state index >= 15 is 0 Å². The molecule has 124 valence electrons. The number of ether oxygens (including phenoxy) is 1. The average molecular weight is 313 g/mol. The molecule has 23 heavy (non-hydrogen) atoms. The molecule has 1 aromatic rings. The molecule has 1 unspecified atom stereocenters. The Kier molecular flexibility index (Phi) is 6.03. The van der Waals surface area contributed by atoms with Gasteiger partial charge in [0.15, 0.2) is 0 Å². The number of rotatable bonds is 5. The van der Waals surface area contributed by atoms with Gasteiger partial charge in [0.2, 0.25) is 0 Å². The van der Waals surface area contributed by atoms with Gasteiger partial charge in [0.05, 0.1) is 0 Å². The lowest BCUT2D eigenvalue weighted by molar-refractivity contribution is 0.126. The topological polar surface area (TPSA) is 38.3 Å². The molecule has 1 aliphatic rings. The summed E-state index contributed by atoms with van der Waals surface area (Å²) in [7, 11) is 0. The van der Waals surface area contributed by atoms with Crippen molar-refractivity contribution in [2.45, 2.75) is 52.7 Å². The highest BCUT2D eigenvalue weighted by Gasteiger charge is 2.27. The number of hydrogen-bond donors (Lipinski definition) is 1. The molecule has 0 aromatic heterocycles. The van der Waals surface area contributed by atoms with E-state index in [0.29, 0.717) is 6.61 Å². The van der Waals surface area contributed by atoms with Gasteiger partial charge in [0.1, 0.15) is 6.61 Å². The molecule has 0 bridgehead atoms. The molecule has 0 spiro atoms. The second-order valence-electron chi connectivity index (χ2n) is 7.09. The van der Waals surface area contributed by atoms with Crippen molar-refractivity contribution >= 4 is 6.09 Å². The third-order valence-corrected chi connectivity index (χ3v) is 4.06. The third kappa shape index (κ3) is 5.93. The van der Waals surface area contributed by atoms with Crippen LogP contribution in [0.25, 0.3) is 0 Å². The maximum atomic E-state index is 12.1. The first-order valence-electron chi connectivity index (χ1n) is 8.28. The molecule has 0 heterocycles. The highest BCUT2D eigenvalue weighted by atomic mass is 16.5. The summed E-state index contributed by atoms with van der Waals surface area (Å²) in [5.74, 6) is 0. The van der Waals surface area contributed by atoms with Gasteiger partial charge in [-0.1, -0.05) is 74.9 Å². The van der Waals surface area contributed by atoms with Crippen LogP contribution in [0.5, 0.6) is 0 Å². The number of nitrogens with one attached hydrogen (secondary N) is 1. The van der Waals surface area contributed by atoms with Crippen molar-refractivity contribution in [2.24, 2.45) is 5.41 Å². The van der Waals surface area contributed by atoms with Crippen LogP contribution in [0.15, 0.2) is 54.1 Å². The van der Waals surface area contributed by atoms with E-state index in [0.717, 1.165) is 24.8 Å². The molecule has 0 fully saturated rings. The highest BCUT2D eigenvalue weighted by Crippen LogP contribution is 2.26. The van der Waals surface area contributed by atoms with E-state index in [2.05, 4.69) is 44.3 Å². The first-order chi connectivity index (χ1) is 10.9. The van der Waals surface area contributed by atoms with Crippen molar-refractivity contribution < 1.29 is 9.53 Å². The fourth-order valence-electron chi connectivity index (χ4n) is 2.54. The summed E-state index contributed by atoms with van der Waals surface area (Å²) < 4.78 is 5.36. The highest BCUT2D eigenvalue weighted by molar-refractivity contribution is 5.67. The predicted molar refractivity (Wildman–Crippen MR) is 94.1 cm³/mol. The minimum absolute atomic E-state index is 0.0299. The maximum Gasteiger partial charge on any atom is 0.407 e. The van der Waals surface area contributed by atoms with Crippen LogP contribution in [0.3, 0.4) is 0 Å². The average Bonchev–Trinajstić information content (AvgIpc) is 2.53. The molecule has 0 aliphatic heterocycles. The molecule has 3 nitrogen and oxygen atoms in total. The summed E-state index contributed by atoms with van der Waals surface area (Å²) in [4.78, 5) is 12.1. The minimum atomic E-state index is -0.353. The van der Waals surface area contributed by atoms with Gasteiger partial charge in [-0.15, -0.1) is 0 Å². The van der Waals surface area contributed by atoms with Gasteiger partial charge < -0.3 is 10.1 Å². The van der Waals surface area contributed by atoms with Gasteiger partial charge in [-0.25, -0.2) is 4.79 Å². The molecule has 0 saturated carbocycles. The van der Waals surface area contributed by atoms with Crippen LogP contribution in [-0.4, -0.2) is 12.1 Å². The number of carbonyl (C=O) groups excluding carboxylic acids is 1. The number of amides is 1. The zero-order valence-corrected chi connectivity index (χ0v) is 14.3. The van der Waals surface area contributed by atoms with Crippen LogP contribution in [-0.2, 0) is 11.3 Å². The lowest BCUT2D eigenvalue weighted by Gasteiger charge is -2.32. The van der Waals surface area contributed by atoms with Gasteiger partial charge in [0.25, 0.3) is 0 Å². The number of benzene rings is 1. The summed E-state index contributed by atoms with van der Waals surface area (Å²) in [6, 6.07) is 9.77. The minimum Gasteiger partial charge on any atom is -0.445 e. The van der Waals surface area contributed by atoms with Gasteiger partial charge in [0, 0.05) is 6.04 Å². The van der Waals surface area contributed by atoms with E-state index in [4.69, 9.17) is 4.74 Å². The lowest BCUT2D eigenvalue weighted by Crippen LogP contribution is -2.44. The maximum absolute atomic E-state index is 12.1. The van der Waals surface area contributed by atoms with Crippen LogP contribution in [0, 0.1) is 5.41 Å². The SMILES string of the molecule is CC(C)(C)C(CC1=CCCC=C1)NC(=O)OCc1ccccc1. The number of carbonyl (C=O) groups is 1.